The number of carbonyl (C=O) groups is 2. The van der Waals surface area contributed by atoms with E-state index in [1.54, 1.807) is 0 Å². The first-order valence-corrected chi connectivity index (χ1v) is 8.43. The lowest BCUT2D eigenvalue weighted by Crippen LogP contribution is -2.37. The third-order valence-corrected chi connectivity index (χ3v) is 5.07. The van der Waals surface area contributed by atoms with Gasteiger partial charge in [-0.1, -0.05) is 35.3 Å². The molecule has 3 rings (SSSR count). The van der Waals surface area contributed by atoms with Crippen molar-refractivity contribution < 1.29 is 18.4 Å². The molecule has 0 unspecified atom stereocenters. The summed E-state index contributed by atoms with van der Waals surface area (Å²) in [5, 5.41) is -0.290. The van der Waals surface area contributed by atoms with Crippen LogP contribution in [0.15, 0.2) is 30.5 Å². The monoisotopic (exact) mass is 383 g/mol. The SMILES string of the molecule is O=C1CC[C@@](F)(C(=O)CCc2ccc(Cl)c(F)c2Cl)c2cccnc21. The molecule has 0 spiro atoms. The summed E-state index contributed by atoms with van der Waals surface area (Å²) in [6.07, 6.45) is 0.985. The van der Waals surface area contributed by atoms with Crippen molar-refractivity contribution in [3.63, 3.8) is 0 Å². The lowest BCUT2D eigenvalue weighted by atomic mass is 9.78. The fourth-order valence-electron chi connectivity index (χ4n) is 2.98. The van der Waals surface area contributed by atoms with Gasteiger partial charge in [-0.15, -0.1) is 0 Å². The zero-order chi connectivity index (χ0) is 18.2. The minimum Gasteiger partial charge on any atom is -0.296 e. The fourth-order valence-corrected chi connectivity index (χ4v) is 3.45. The predicted molar refractivity (Wildman–Crippen MR) is 90.3 cm³/mol. The molecule has 0 radical (unpaired) electrons. The number of aryl methyl sites for hydroxylation is 1. The van der Waals surface area contributed by atoms with Crippen LogP contribution in [0.4, 0.5) is 8.78 Å². The van der Waals surface area contributed by atoms with Crippen LogP contribution in [0.25, 0.3) is 0 Å². The van der Waals surface area contributed by atoms with Crippen LogP contribution < -0.4 is 0 Å². The van der Waals surface area contributed by atoms with Crippen molar-refractivity contribution in [3.8, 4) is 0 Å². The molecule has 1 aromatic carbocycles. The minimum absolute atomic E-state index is 0.000157. The van der Waals surface area contributed by atoms with Crippen molar-refractivity contribution in [1.29, 1.82) is 0 Å². The van der Waals surface area contributed by atoms with E-state index in [1.807, 2.05) is 0 Å². The summed E-state index contributed by atoms with van der Waals surface area (Å²) in [7, 11) is 0. The summed E-state index contributed by atoms with van der Waals surface area (Å²) in [5.74, 6) is -1.72. The molecule has 3 nitrogen and oxygen atoms in total. The molecule has 0 aliphatic heterocycles. The van der Waals surface area contributed by atoms with Crippen molar-refractivity contribution in [2.45, 2.75) is 31.4 Å². The van der Waals surface area contributed by atoms with Gasteiger partial charge in [-0.25, -0.2) is 8.78 Å². The molecule has 1 heterocycles. The van der Waals surface area contributed by atoms with E-state index in [9.17, 15) is 14.0 Å². The summed E-state index contributed by atoms with van der Waals surface area (Å²) >= 11 is 11.5. The second-order valence-corrected chi connectivity index (χ2v) is 6.67. The number of hydrogen-bond acceptors (Lipinski definition) is 3. The first kappa shape index (κ1) is 18.0. The van der Waals surface area contributed by atoms with Crippen LogP contribution in [0.1, 0.15) is 40.9 Å². The number of alkyl halides is 1. The van der Waals surface area contributed by atoms with Gasteiger partial charge < -0.3 is 0 Å². The first-order valence-electron chi connectivity index (χ1n) is 7.68. The summed E-state index contributed by atoms with van der Waals surface area (Å²) in [4.78, 5) is 28.3. The summed E-state index contributed by atoms with van der Waals surface area (Å²) in [6, 6.07) is 5.74. The van der Waals surface area contributed by atoms with E-state index in [0.29, 0.717) is 5.56 Å². The average molecular weight is 384 g/mol. The number of rotatable bonds is 4. The quantitative estimate of drug-likeness (QED) is 0.707. The van der Waals surface area contributed by atoms with Gasteiger partial charge in [0, 0.05) is 31.0 Å². The van der Waals surface area contributed by atoms with Crippen LogP contribution in [0.3, 0.4) is 0 Å². The lowest BCUT2D eigenvalue weighted by Gasteiger charge is -2.29. The Bertz CT molecular complexity index is 872. The van der Waals surface area contributed by atoms with Crippen LogP contribution in [-0.4, -0.2) is 16.6 Å². The largest absolute Gasteiger partial charge is 0.296 e. The number of aromatic nitrogens is 1. The van der Waals surface area contributed by atoms with Gasteiger partial charge in [0.2, 0.25) is 0 Å². The molecule has 0 saturated heterocycles. The standard InChI is InChI=1S/C18H13Cl2F2NO2/c19-12-5-3-10(15(20)16(12)21)4-6-14(25)18(22)8-7-13(24)17-11(18)2-1-9-23-17/h1-3,5,9H,4,6-8H2/t18-/m0/s1. The highest BCUT2D eigenvalue weighted by molar-refractivity contribution is 6.35. The van der Waals surface area contributed by atoms with Gasteiger partial charge >= 0.3 is 0 Å². The van der Waals surface area contributed by atoms with Crippen LogP contribution in [-0.2, 0) is 16.9 Å². The highest BCUT2D eigenvalue weighted by Gasteiger charge is 2.45. The number of halogens is 4. The molecule has 0 N–H and O–H groups in total. The van der Waals surface area contributed by atoms with E-state index < -0.39 is 17.3 Å². The number of carbonyl (C=O) groups excluding carboxylic acids is 2. The van der Waals surface area contributed by atoms with Crippen molar-refractivity contribution in [2.75, 3.05) is 0 Å². The molecule has 25 heavy (non-hydrogen) atoms. The van der Waals surface area contributed by atoms with E-state index in [4.69, 9.17) is 23.2 Å². The van der Waals surface area contributed by atoms with Crippen LogP contribution in [0, 0.1) is 5.82 Å². The Morgan fingerprint density at radius 2 is 2.04 bits per heavy atom. The smallest absolute Gasteiger partial charge is 0.196 e. The molecule has 130 valence electrons. The maximum atomic E-state index is 15.4. The van der Waals surface area contributed by atoms with Gasteiger partial charge in [0.25, 0.3) is 0 Å². The molecule has 1 atom stereocenters. The van der Waals surface area contributed by atoms with Gasteiger partial charge in [-0.2, -0.15) is 0 Å². The minimum atomic E-state index is -2.27. The van der Waals surface area contributed by atoms with Crippen molar-refractivity contribution in [1.82, 2.24) is 4.98 Å². The molecule has 2 aromatic rings. The lowest BCUT2D eigenvalue weighted by molar-refractivity contribution is -0.131. The van der Waals surface area contributed by atoms with Crippen molar-refractivity contribution in [2.24, 2.45) is 0 Å². The Labute approximate surface area is 153 Å². The van der Waals surface area contributed by atoms with Crippen LogP contribution >= 0.6 is 23.2 Å². The van der Waals surface area contributed by atoms with Gasteiger partial charge in [0.15, 0.2) is 23.1 Å². The number of fused-ring (bicyclic) bond motifs is 1. The van der Waals surface area contributed by atoms with E-state index in [1.165, 1.54) is 30.5 Å². The maximum Gasteiger partial charge on any atom is 0.196 e. The van der Waals surface area contributed by atoms with Crippen molar-refractivity contribution in [3.05, 3.63) is 63.1 Å². The molecule has 1 aromatic heterocycles. The average Bonchev–Trinajstić information content (AvgIpc) is 2.62. The topological polar surface area (TPSA) is 47.0 Å². The molecule has 7 heteroatoms. The third-order valence-electron chi connectivity index (χ3n) is 4.37. The maximum absolute atomic E-state index is 15.4. The van der Waals surface area contributed by atoms with E-state index in [2.05, 4.69) is 4.98 Å². The zero-order valence-corrected chi connectivity index (χ0v) is 14.5. The number of hydrogen-bond donors (Lipinski definition) is 0. The molecular formula is C18H13Cl2F2NO2. The van der Waals surface area contributed by atoms with E-state index >= 15 is 4.39 Å². The normalized spacial score (nSPS) is 19.6. The van der Waals surface area contributed by atoms with E-state index in [-0.39, 0.29) is 52.8 Å². The number of pyridine rings is 1. The molecule has 1 aliphatic rings. The van der Waals surface area contributed by atoms with Gasteiger partial charge in [0.1, 0.15) is 5.69 Å². The Morgan fingerprint density at radius 1 is 1.28 bits per heavy atom. The summed E-state index contributed by atoms with van der Waals surface area (Å²) in [5.41, 5.74) is -1.89. The molecule has 1 aliphatic carbocycles. The molecular weight excluding hydrogens is 371 g/mol. The Hall–Kier alpha value is -1.85. The van der Waals surface area contributed by atoms with Crippen LogP contribution in [0.2, 0.25) is 10.0 Å². The second-order valence-electron chi connectivity index (χ2n) is 5.88. The third kappa shape index (κ3) is 3.18. The number of Topliss-reactive ketones (excluding diaryl/α,β-unsaturated/α-hetero) is 2. The predicted octanol–water partition coefficient (Wildman–Crippen LogP) is 4.87. The number of ketones is 2. The van der Waals surface area contributed by atoms with Gasteiger partial charge in [0.05, 0.1) is 10.0 Å². The highest BCUT2D eigenvalue weighted by Crippen LogP contribution is 2.40. The summed E-state index contributed by atoms with van der Waals surface area (Å²) in [6.45, 7) is 0. The van der Waals surface area contributed by atoms with Crippen LogP contribution in [0.5, 0.6) is 0 Å². The Balaban J connectivity index is 1.84. The molecule has 0 fully saturated rings. The Kier molecular flexibility index (Phi) is 4.89. The van der Waals surface area contributed by atoms with Gasteiger partial charge in [-0.05, 0) is 24.1 Å². The molecule has 0 amide bonds. The molecule has 0 bridgehead atoms. The zero-order valence-electron chi connectivity index (χ0n) is 13.0. The second kappa shape index (κ2) is 6.81. The van der Waals surface area contributed by atoms with E-state index in [0.717, 1.165) is 0 Å². The van der Waals surface area contributed by atoms with Crippen molar-refractivity contribution >= 4 is 34.8 Å². The number of benzene rings is 1. The first-order chi connectivity index (χ1) is 11.8. The number of nitrogens with zero attached hydrogens (tertiary/aromatic N) is 1. The Morgan fingerprint density at radius 3 is 2.80 bits per heavy atom. The van der Waals surface area contributed by atoms with Gasteiger partial charge in [-0.3, -0.25) is 14.6 Å². The summed E-state index contributed by atoms with van der Waals surface area (Å²) < 4.78 is 29.1. The fraction of sp³-hybridized carbons (Fsp3) is 0.278. The molecule has 0 saturated carbocycles. The highest BCUT2D eigenvalue weighted by atomic mass is 35.5.